The van der Waals surface area contributed by atoms with E-state index in [1.165, 1.54) is 19.2 Å². The molecule has 0 amide bonds. The molecule has 4 rings (SSSR count). The number of methoxy groups -OCH3 is 3. The molecule has 31 heavy (non-hydrogen) atoms. The second-order valence-electron chi connectivity index (χ2n) is 7.26. The maximum Gasteiger partial charge on any atom is 0.307 e. The summed E-state index contributed by atoms with van der Waals surface area (Å²) >= 11 is 0. The Kier molecular flexibility index (Phi) is 5.79. The molecule has 7 nitrogen and oxygen atoms in total. The van der Waals surface area contributed by atoms with Gasteiger partial charge in [0.15, 0.2) is 11.5 Å². The molecule has 0 fully saturated rings. The highest BCUT2D eigenvalue weighted by Gasteiger charge is 2.25. The molecule has 1 atom stereocenters. The van der Waals surface area contributed by atoms with E-state index in [0.717, 1.165) is 28.8 Å². The lowest BCUT2D eigenvalue weighted by Gasteiger charge is -2.24. The smallest absolute Gasteiger partial charge is 0.307 e. The number of aromatic nitrogens is 2. The van der Waals surface area contributed by atoms with Gasteiger partial charge in [-0.3, -0.25) is 4.79 Å². The van der Waals surface area contributed by atoms with Crippen LogP contribution in [0.3, 0.4) is 0 Å². The number of benzene rings is 2. The van der Waals surface area contributed by atoms with Gasteiger partial charge in [0.2, 0.25) is 5.95 Å². The number of fused-ring (bicyclic) bond motifs is 3. The number of nitrogens with one attached hydrogen (secondary N) is 1. The predicted molar refractivity (Wildman–Crippen MR) is 114 cm³/mol. The average molecular weight is 425 g/mol. The lowest BCUT2D eigenvalue weighted by molar-refractivity contribution is -0.140. The van der Waals surface area contributed by atoms with Gasteiger partial charge < -0.3 is 24.1 Å². The van der Waals surface area contributed by atoms with Gasteiger partial charge in [-0.25, -0.2) is 9.37 Å². The molecular formula is C23H24FN3O4. The molecule has 0 saturated carbocycles. The second kappa shape index (κ2) is 8.67. The van der Waals surface area contributed by atoms with Crippen LogP contribution in [0, 0.1) is 5.82 Å². The van der Waals surface area contributed by atoms with Gasteiger partial charge in [-0.15, -0.1) is 0 Å². The minimum Gasteiger partial charge on any atom is -0.493 e. The molecule has 1 aromatic heterocycles. The lowest BCUT2D eigenvalue weighted by atomic mass is 9.98. The monoisotopic (exact) mass is 425 g/mol. The van der Waals surface area contributed by atoms with Crippen LogP contribution in [0.2, 0.25) is 0 Å². The SMILES string of the molecule is COC(=O)CC(Nc1ncc2n1CCc1cc(OC)c(OC)cc1-2)c1ccc(F)cc1. The van der Waals surface area contributed by atoms with E-state index in [0.29, 0.717) is 24.0 Å². The highest BCUT2D eigenvalue weighted by Crippen LogP contribution is 2.40. The summed E-state index contributed by atoms with van der Waals surface area (Å²) in [5.74, 6) is 1.28. The fourth-order valence-corrected chi connectivity index (χ4v) is 3.88. The number of hydrogen-bond acceptors (Lipinski definition) is 6. The zero-order valence-corrected chi connectivity index (χ0v) is 17.6. The van der Waals surface area contributed by atoms with Crippen LogP contribution in [-0.2, 0) is 22.5 Å². The molecule has 162 valence electrons. The van der Waals surface area contributed by atoms with Crippen molar-refractivity contribution in [3.8, 4) is 22.8 Å². The molecule has 1 aliphatic rings. The summed E-state index contributed by atoms with van der Waals surface area (Å²) < 4.78 is 31.2. The summed E-state index contributed by atoms with van der Waals surface area (Å²) in [6.45, 7) is 0.717. The van der Waals surface area contributed by atoms with Gasteiger partial charge in [-0.2, -0.15) is 0 Å². The summed E-state index contributed by atoms with van der Waals surface area (Å²) in [5.41, 5.74) is 3.89. The Labute approximate surface area is 179 Å². The summed E-state index contributed by atoms with van der Waals surface area (Å²) in [6.07, 6.45) is 2.68. The van der Waals surface area contributed by atoms with E-state index in [1.54, 1.807) is 32.5 Å². The first-order valence-corrected chi connectivity index (χ1v) is 9.93. The number of aryl methyl sites for hydroxylation is 1. The fraction of sp³-hybridized carbons (Fsp3) is 0.304. The quantitative estimate of drug-likeness (QED) is 0.577. The van der Waals surface area contributed by atoms with Crippen LogP contribution < -0.4 is 14.8 Å². The minimum atomic E-state index is -0.411. The van der Waals surface area contributed by atoms with Crippen molar-refractivity contribution in [2.24, 2.45) is 0 Å². The average Bonchev–Trinajstić information content (AvgIpc) is 3.21. The highest BCUT2D eigenvalue weighted by molar-refractivity contribution is 5.73. The first-order valence-electron chi connectivity index (χ1n) is 9.93. The third kappa shape index (κ3) is 4.05. The second-order valence-corrected chi connectivity index (χ2v) is 7.26. The number of halogens is 1. The predicted octanol–water partition coefficient (Wildman–Crippen LogP) is 3.98. The third-order valence-electron chi connectivity index (χ3n) is 5.52. The number of esters is 1. The molecule has 1 N–H and O–H groups in total. The molecule has 2 heterocycles. The van der Waals surface area contributed by atoms with Crippen LogP contribution >= 0.6 is 0 Å². The molecule has 8 heteroatoms. The van der Waals surface area contributed by atoms with Gasteiger partial charge in [-0.1, -0.05) is 12.1 Å². The molecule has 0 radical (unpaired) electrons. The maximum absolute atomic E-state index is 13.4. The minimum absolute atomic E-state index is 0.0892. The Hall–Kier alpha value is -3.55. The van der Waals surface area contributed by atoms with Crippen molar-refractivity contribution in [2.75, 3.05) is 26.6 Å². The van der Waals surface area contributed by atoms with Crippen LogP contribution in [0.15, 0.2) is 42.6 Å². The zero-order chi connectivity index (χ0) is 22.0. The Balaban J connectivity index is 1.68. The number of rotatable bonds is 7. The van der Waals surface area contributed by atoms with E-state index in [-0.39, 0.29) is 18.2 Å². The summed E-state index contributed by atoms with van der Waals surface area (Å²) in [5, 5.41) is 3.34. The van der Waals surface area contributed by atoms with Gasteiger partial charge in [0.05, 0.1) is 45.7 Å². The van der Waals surface area contributed by atoms with Crippen molar-refractivity contribution in [1.29, 1.82) is 0 Å². The topological polar surface area (TPSA) is 74.6 Å². The van der Waals surface area contributed by atoms with Crippen LogP contribution in [0.5, 0.6) is 11.5 Å². The molecule has 3 aromatic rings. The largest absolute Gasteiger partial charge is 0.493 e. The number of imidazole rings is 1. The number of anilines is 1. The van der Waals surface area contributed by atoms with Crippen molar-refractivity contribution in [2.45, 2.75) is 25.4 Å². The number of ether oxygens (including phenoxy) is 3. The maximum atomic E-state index is 13.4. The van der Waals surface area contributed by atoms with Gasteiger partial charge >= 0.3 is 5.97 Å². The fourth-order valence-electron chi connectivity index (χ4n) is 3.88. The third-order valence-corrected chi connectivity index (χ3v) is 5.52. The van der Waals surface area contributed by atoms with Crippen molar-refractivity contribution < 1.29 is 23.4 Å². The Bertz CT molecular complexity index is 1090. The Morgan fingerprint density at radius 1 is 1.16 bits per heavy atom. The van der Waals surface area contributed by atoms with Crippen LogP contribution in [0.1, 0.15) is 23.6 Å². The van der Waals surface area contributed by atoms with Crippen LogP contribution in [0.25, 0.3) is 11.3 Å². The van der Waals surface area contributed by atoms with Crippen molar-refractivity contribution in [3.05, 3.63) is 59.5 Å². The normalized spacial score (nSPS) is 13.0. The first kappa shape index (κ1) is 20.7. The Morgan fingerprint density at radius 2 is 1.87 bits per heavy atom. The molecule has 2 aromatic carbocycles. The van der Waals surface area contributed by atoms with Gasteiger partial charge in [0.1, 0.15) is 5.82 Å². The molecule has 1 unspecified atom stereocenters. The lowest BCUT2D eigenvalue weighted by Crippen LogP contribution is -2.20. The van der Waals surface area contributed by atoms with Crippen molar-refractivity contribution >= 4 is 11.9 Å². The highest BCUT2D eigenvalue weighted by atomic mass is 19.1. The molecular weight excluding hydrogens is 401 g/mol. The van der Waals surface area contributed by atoms with Crippen LogP contribution in [0.4, 0.5) is 10.3 Å². The summed E-state index contributed by atoms with van der Waals surface area (Å²) in [6, 6.07) is 9.60. The van der Waals surface area contributed by atoms with Gasteiger partial charge in [0.25, 0.3) is 0 Å². The van der Waals surface area contributed by atoms with Crippen LogP contribution in [-0.4, -0.2) is 36.8 Å². The van der Waals surface area contributed by atoms with Crippen molar-refractivity contribution in [3.63, 3.8) is 0 Å². The standard InChI is InChI=1S/C23H24FN3O4/c1-29-20-10-15-8-9-27-19(17(15)11-21(20)30-2)13-25-23(27)26-18(12-22(28)31-3)14-4-6-16(24)7-5-14/h4-7,10-11,13,18H,8-9,12H2,1-3H3,(H,25,26). The van der Waals surface area contributed by atoms with Crippen molar-refractivity contribution in [1.82, 2.24) is 9.55 Å². The summed E-state index contributed by atoms with van der Waals surface area (Å²) in [7, 11) is 4.58. The van der Waals surface area contributed by atoms with E-state index < -0.39 is 6.04 Å². The number of nitrogens with zero attached hydrogens (tertiary/aromatic N) is 2. The summed E-state index contributed by atoms with van der Waals surface area (Å²) in [4.78, 5) is 16.5. The number of carbonyl (C=O) groups excluding carboxylic acids is 1. The van der Waals surface area contributed by atoms with E-state index in [2.05, 4.69) is 14.9 Å². The molecule has 0 bridgehead atoms. The Morgan fingerprint density at radius 3 is 2.55 bits per heavy atom. The number of carbonyl (C=O) groups is 1. The molecule has 0 spiro atoms. The van der Waals surface area contributed by atoms with E-state index in [4.69, 9.17) is 14.2 Å². The molecule has 1 aliphatic heterocycles. The molecule has 0 aliphatic carbocycles. The van der Waals surface area contributed by atoms with E-state index >= 15 is 0 Å². The zero-order valence-electron chi connectivity index (χ0n) is 17.6. The van der Waals surface area contributed by atoms with E-state index in [1.807, 2.05) is 12.1 Å². The van der Waals surface area contributed by atoms with Gasteiger partial charge in [-0.05, 0) is 41.8 Å². The van der Waals surface area contributed by atoms with E-state index in [9.17, 15) is 9.18 Å². The number of hydrogen-bond donors (Lipinski definition) is 1. The van der Waals surface area contributed by atoms with Gasteiger partial charge in [0, 0.05) is 12.1 Å². The first-order chi connectivity index (χ1) is 15.0. The molecule has 0 saturated heterocycles.